The molecule has 1 amide bonds. The number of carbonyl (C=O) groups excluding carboxylic acids is 1. The molecule has 1 aromatic carbocycles. The maximum absolute atomic E-state index is 11.6. The topological polar surface area (TPSA) is 38.8 Å². The fourth-order valence-corrected chi connectivity index (χ4v) is 2.00. The molecule has 4 heteroatoms. The molecule has 0 saturated heterocycles. The third-order valence-corrected chi connectivity index (χ3v) is 2.80. The van der Waals surface area contributed by atoms with E-state index in [1.54, 1.807) is 12.0 Å². The highest BCUT2D eigenvalue weighted by Crippen LogP contribution is 2.30. The lowest BCUT2D eigenvalue weighted by molar-refractivity contribution is 0.178. The summed E-state index contributed by atoms with van der Waals surface area (Å²) in [5.41, 5.74) is 2.06. The molecule has 0 aliphatic carbocycles. The molecule has 4 nitrogen and oxygen atoms in total. The molecule has 0 spiro atoms. The minimum absolute atomic E-state index is 0.300. The molecule has 0 aromatic heterocycles. The van der Waals surface area contributed by atoms with Gasteiger partial charge in [-0.3, -0.25) is 4.90 Å². The Balaban J connectivity index is 2.36. The molecule has 0 unspecified atom stereocenters. The van der Waals surface area contributed by atoms with Crippen LogP contribution in [0.2, 0.25) is 0 Å². The van der Waals surface area contributed by atoms with Crippen LogP contribution in [0.25, 0.3) is 0 Å². The average molecular weight is 221 g/mol. The molecule has 0 saturated carbocycles. The van der Waals surface area contributed by atoms with Crippen LogP contribution in [-0.4, -0.2) is 26.9 Å². The molecule has 1 aromatic rings. The number of hydrogen-bond donors (Lipinski definition) is 0. The Labute approximate surface area is 94.8 Å². The van der Waals surface area contributed by atoms with Gasteiger partial charge in [-0.05, 0) is 36.6 Å². The second-order valence-corrected chi connectivity index (χ2v) is 3.72. The highest BCUT2D eigenvalue weighted by molar-refractivity contribution is 5.89. The predicted molar refractivity (Wildman–Crippen MR) is 61.1 cm³/mol. The fourth-order valence-electron chi connectivity index (χ4n) is 2.00. The molecule has 86 valence electrons. The Morgan fingerprint density at radius 1 is 1.38 bits per heavy atom. The number of anilines is 1. The van der Waals surface area contributed by atoms with Crippen LogP contribution in [0.15, 0.2) is 18.2 Å². The quantitative estimate of drug-likeness (QED) is 0.729. The van der Waals surface area contributed by atoms with Crippen molar-refractivity contribution in [3.05, 3.63) is 23.8 Å². The van der Waals surface area contributed by atoms with Crippen LogP contribution in [0.4, 0.5) is 10.5 Å². The molecular formula is C12H15NO3. The van der Waals surface area contributed by atoms with E-state index < -0.39 is 0 Å². The first-order chi connectivity index (χ1) is 7.76. The lowest BCUT2D eigenvalue weighted by Crippen LogP contribution is -2.35. The Bertz CT molecular complexity index is 403. The molecule has 0 radical (unpaired) electrons. The molecule has 1 aliphatic rings. The van der Waals surface area contributed by atoms with E-state index in [9.17, 15) is 4.79 Å². The second-order valence-electron chi connectivity index (χ2n) is 3.72. The number of carbonyl (C=O) groups is 1. The SMILES string of the molecule is COC(=O)N1CCCc2cc(OC)ccc21. The van der Waals surface area contributed by atoms with Gasteiger partial charge in [0, 0.05) is 6.54 Å². The number of nitrogens with zero attached hydrogens (tertiary/aromatic N) is 1. The summed E-state index contributed by atoms with van der Waals surface area (Å²) < 4.78 is 9.93. The van der Waals surface area contributed by atoms with Gasteiger partial charge < -0.3 is 9.47 Å². The second kappa shape index (κ2) is 4.43. The van der Waals surface area contributed by atoms with E-state index in [0.717, 1.165) is 29.8 Å². The summed E-state index contributed by atoms with van der Waals surface area (Å²) in [6, 6.07) is 5.74. The maximum atomic E-state index is 11.6. The van der Waals surface area contributed by atoms with Crippen molar-refractivity contribution in [2.75, 3.05) is 25.7 Å². The Kier molecular flexibility index (Phi) is 2.99. The summed E-state index contributed by atoms with van der Waals surface area (Å²) >= 11 is 0. The van der Waals surface area contributed by atoms with Crippen molar-refractivity contribution in [1.29, 1.82) is 0 Å². The van der Waals surface area contributed by atoms with Gasteiger partial charge in [-0.2, -0.15) is 0 Å². The van der Waals surface area contributed by atoms with Gasteiger partial charge in [0.15, 0.2) is 0 Å². The number of rotatable bonds is 1. The Morgan fingerprint density at radius 2 is 2.19 bits per heavy atom. The molecule has 16 heavy (non-hydrogen) atoms. The summed E-state index contributed by atoms with van der Waals surface area (Å²) in [7, 11) is 3.04. The first-order valence-electron chi connectivity index (χ1n) is 5.28. The number of hydrogen-bond acceptors (Lipinski definition) is 3. The van der Waals surface area contributed by atoms with Crippen molar-refractivity contribution in [3.8, 4) is 5.75 Å². The van der Waals surface area contributed by atoms with Crippen molar-refractivity contribution in [3.63, 3.8) is 0 Å². The molecule has 0 atom stereocenters. The van der Waals surface area contributed by atoms with Gasteiger partial charge in [-0.1, -0.05) is 0 Å². The van der Waals surface area contributed by atoms with Gasteiger partial charge >= 0.3 is 6.09 Å². The van der Waals surface area contributed by atoms with Crippen LogP contribution >= 0.6 is 0 Å². The normalized spacial score (nSPS) is 14.2. The summed E-state index contributed by atoms with van der Waals surface area (Å²) in [6.07, 6.45) is 1.63. The molecule has 0 N–H and O–H groups in total. The zero-order valence-electron chi connectivity index (χ0n) is 9.53. The summed E-state index contributed by atoms with van der Waals surface area (Å²) in [4.78, 5) is 13.2. The third kappa shape index (κ3) is 1.83. The van der Waals surface area contributed by atoms with Crippen LogP contribution in [0.1, 0.15) is 12.0 Å². The molecule has 1 aliphatic heterocycles. The minimum atomic E-state index is -0.300. The van der Waals surface area contributed by atoms with Gasteiger partial charge in [-0.25, -0.2) is 4.79 Å². The van der Waals surface area contributed by atoms with Gasteiger partial charge in [0.05, 0.1) is 19.9 Å². The smallest absolute Gasteiger partial charge is 0.414 e. The maximum Gasteiger partial charge on any atom is 0.414 e. The highest BCUT2D eigenvalue weighted by atomic mass is 16.5. The highest BCUT2D eigenvalue weighted by Gasteiger charge is 2.23. The standard InChI is InChI=1S/C12H15NO3/c1-15-10-5-6-11-9(8-10)4-3-7-13(11)12(14)16-2/h5-6,8H,3-4,7H2,1-2H3. The molecule has 1 heterocycles. The fraction of sp³-hybridized carbons (Fsp3) is 0.417. The Morgan fingerprint density at radius 3 is 2.88 bits per heavy atom. The Hall–Kier alpha value is -1.71. The number of methoxy groups -OCH3 is 2. The van der Waals surface area contributed by atoms with Crippen LogP contribution in [0, 0.1) is 0 Å². The number of aryl methyl sites for hydroxylation is 1. The van der Waals surface area contributed by atoms with E-state index in [4.69, 9.17) is 9.47 Å². The van der Waals surface area contributed by atoms with Gasteiger partial charge in [0.2, 0.25) is 0 Å². The van der Waals surface area contributed by atoms with Crippen LogP contribution in [-0.2, 0) is 11.2 Å². The number of ether oxygens (including phenoxy) is 2. The van der Waals surface area contributed by atoms with E-state index in [2.05, 4.69) is 0 Å². The summed E-state index contributed by atoms with van der Waals surface area (Å²) in [5.74, 6) is 0.825. The van der Waals surface area contributed by atoms with Crippen molar-refractivity contribution in [2.45, 2.75) is 12.8 Å². The zero-order chi connectivity index (χ0) is 11.5. The monoisotopic (exact) mass is 221 g/mol. The lowest BCUT2D eigenvalue weighted by atomic mass is 10.0. The first kappa shape index (κ1) is 10.8. The number of amides is 1. The first-order valence-corrected chi connectivity index (χ1v) is 5.28. The zero-order valence-corrected chi connectivity index (χ0v) is 9.53. The summed E-state index contributed by atoms with van der Waals surface area (Å²) in [5, 5.41) is 0. The van der Waals surface area contributed by atoms with Gasteiger partial charge in [0.25, 0.3) is 0 Å². The predicted octanol–water partition coefficient (Wildman–Crippen LogP) is 2.21. The average Bonchev–Trinajstić information content (AvgIpc) is 2.36. The van der Waals surface area contributed by atoms with Crippen LogP contribution < -0.4 is 9.64 Å². The van der Waals surface area contributed by atoms with Crippen molar-refractivity contribution >= 4 is 11.8 Å². The minimum Gasteiger partial charge on any atom is -0.497 e. The van der Waals surface area contributed by atoms with E-state index in [1.807, 2.05) is 18.2 Å². The lowest BCUT2D eigenvalue weighted by Gasteiger charge is -2.28. The molecule has 0 fully saturated rings. The van der Waals surface area contributed by atoms with Crippen LogP contribution in [0.3, 0.4) is 0 Å². The van der Waals surface area contributed by atoms with Gasteiger partial charge in [-0.15, -0.1) is 0 Å². The van der Waals surface area contributed by atoms with E-state index in [-0.39, 0.29) is 6.09 Å². The third-order valence-electron chi connectivity index (χ3n) is 2.80. The van der Waals surface area contributed by atoms with E-state index >= 15 is 0 Å². The number of benzene rings is 1. The van der Waals surface area contributed by atoms with Crippen molar-refractivity contribution in [2.24, 2.45) is 0 Å². The molecule has 2 rings (SSSR count). The molecule has 0 bridgehead atoms. The van der Waals surface area contributed by atoms with Crippen LogP contribution in [0.5, 0.6) is 5.75 Å². The van der Waals surface area contributed by atoms with Crippen molar-refractivity contribution < 1.29 is 14.3 Å². The molecular weight excluding hydrogens is 206 g/mol. The van der Waals surface area contributed by atoms with Crippen molar-refractivity contribution in [1.82, 2.24) is 0 Å². The summed E-state index contributed by atoms with van der Waals surface area (Å²) in [6.45, 7) is 0.714. The largest absolute Gasteiger partial charge is 0.497 e. The number of fused-ring (bicyclic) bond motifs is 1. The van der Waals surface area contributed by atoms with E-state index in [0.29, 0.717) is 6.54 Å². The van der Waals surface area contributed by atoms with E-state index in [1.165, 1.54) is 7.11 Å². The van der Waals surface area contributed by atoms with Gasteiger partial charge in [0.1, 0.15) is 5.75 Å².